The Balaban J connectivity index is 1.81. The van der Waals surface area contributed by atoms with E-state index in [0.29, 0.717) is 5.92 Å². The molecule has 1 aromatic carbocycles. The predicted octanol–water partition coefficient (Wildman–Crippen LogP) is 1.91. The van der Waals surface area contributed by atoms with Gasteiger partial charge in [-0.05, 0) is 42.4 Å². The predicted molar refractivity (Wildman–Crippen MR) is 77.5 cm³/mol. The van der Waals surface area contributed by atoms with Crippen LogP contribution in [0.1, 0.15) is 31.2 Å². The number of nitrogens with zero attached hydrogens (tertiary/aromatic N) is 1. The van der Waals surface area contributed by atoms with Crippen LogP contribution in [0.3, 0.4) is 0 Å². The van der Waals surface area contributed by atoms with Gasteiger partial charge >= 0.3 is 5.97 Å². The molecule has 0 radical (unpaired) electrons. The molecular weight excluding hydrogens is 290 g/mol. The maximum atomic E-state index is 12.6. The molecule has 0 amide bonds. The van der Waals surface area contributed by atoms with Crippen LogP contribution in [0.15, 0.2) is 29.2 Å². The second-order valence-electron chi connectivity index (χ2n) is 6.09. The third-order valence-electron chi connectivity index (χ3n) is 4.46. The monoisotopic (exact) mass is 309 g/mol. The van der Waals surface area contributed by atoms with E-state index in [0.717, 1.165) is 0 Å². The summed E-state index contributed by atoms with van der Waals surface area (Å²) in [6.07, 6.45) is 2.35. The van der Waals surface area contributed by atoms with Gasteiger partial charge in [0.1, 0.15) is 0 Å². The molecule has 2 atom stereocenters. The lowest BCUT2D eigenvalue weighted by Crippen LogP contribution is -2.30. The SMILES string of the molecule is C[C@@H]1CN(S(=O)(=O)c2ccc(C3CC3)cc2)C[C@H]1C(=O)O. The third-order valence-corrected chi connectivity index (χ3v) is 6.31. The van der Waals surface area contributed by atoms with E-state index >= 15 is 0 Å². The molecule has 0 aromatic heterocycles. The maximum absolute atomic E-state index is 12.6. The van der Waals surface area contributed by atoms with Gasteiger partial charge in [-0.25, -0.2) is 8.42 Å². The highest BCUT2D eigenvalue weighted by Gasteiger charge is 2.40. The van der Waals surface area contributed by atoms with Crippen LogP contribution in [0.4, 0.5) is 0 Å². The third kappa shape index (κ3) is 2.70. The highest BCUT2D eigenvalue weighted by molar-refractivity contribution is 7.89. The lowest BCUT2D eigenvalue weighted by atomic mass is 9.99. The van der Waals surface area contributed by atoms with Gasteiger partial charge in [0.15, 0.2) is 0 Å². The average Bonchev–Trinajstić information content (AvgIpc) is 3.21. The largest absolute Gasteiger partial charge is 0.481 e. The molecule has 0 spiro atoms. The Morgan fingerprint density at radius 1 is 1.19 bits per heavy atom. The topological polar surface area (TPSA) is 74.7 Å². The van der Waals surface area contributed by atoms with E-state index in [-0.39, 0.29) is 23.9 Å². The van der Waals surface area contributed by atoms with Crippen LogP contribution in [0.2, 0.25) is 0 Å². The summed E-state index contributed by atoms with van der Waals surface area (Å²) in [4.78, 5) is 11.4. The Bertz CT molecular complexity index is 649. The molecule has 1 N–H and O–H groups in total. The van der Waals surface area contributed by atoms with Crippen molar-refractivity contribution < 1.29 is 18.3 Å². The second kappa shape index (κ2) is 5.10. The number of hydrogen-bond acceptors (Lipinski definition) is 3. The zero-order valence-corrected chi connectivity index (χ0v) is 12.7. The average molecular weight is 309 g/mol. The minimum absolute atomic E-state index is 0.0587. The summed E-state index contributed by atoms with van der Waals surface area (Å²) in [6.45, 7) is 2.11. The molecule has 2 aliphatic rings. The molecule has 2 fully saturated rings. The molecule has 1 aromatic rings. The van der Waals surface area contributed by atoms with Gasteiger partial charge in [-0.1, -0.05) is 19.1 Å². The van der Waals surface area contributed by atoms with E-state index in [2.05, 4.69) is 0 Å². The molecule has 6 heteroatoms. The van der Waals surface area contributed by atoms with Crippen LogP contribution in [-0.2, 0) is 14.8 Å². The van der Waals surface area contributed by atoms with Crippen LogP contribution in [-0.4, -0.2) is 36.9 Å². The number of sulfonamides is 1. The summed E-state index contributed by atoms with van der Waals surface area (Å²) in [6, 6.07) is 7.03. The van der Waals surface area contributed by atoms with Crippen molar-refractivity contribution in [3.8, 4) is 0 Å². The molecule has 1 aliphatic heterocycles. The van der Waals surface area contributed by atoms with Gasteiger partial charge in [-0.15, -0.1) is 0 Å². The standard InChI is InChI=1S/C15H19NO4S/c1-10-8-16(9-14(10)15(17)18)21(19,20)13-6-4-12(5-7-13)11-2-3-11/h4-7,10-11,14H,2-3,8-9H2,1H3,(H,17,18)/t10-,14-/m1/s1. The summed E-state index contributed by atoms with van der Waals surface area (Å²) in [5.41, 5.74) is 1.19. The van der Waals surface area contributed by atoms with E-state index < -0.39 is 21.9 Å². The van der Waals surface area contributed by atoms with E-state index in [9.17, 15) is 13.2 Å². The highest BCUT2D eigenvalue weighted by Crippen LogP contribution is 2.40. The first-order valence-corrected chi connectivity index (χ1v) is 8.66. The number of carbonyl (C=O) groups is 1. The second-order valence-corrected chi connectivity index (χ2v) is 8.03. The molecule has 1 saturated heterocycles. The van der Waals surface area contributed by atoms with Crippen LogP contribution >= 0.6 is 0 Å². The molecule has 1 aliphatic carbocycles. The molecule has 0 unspecified atom stereocenters. The van der Waals surface area contributed by atoms with Crippen LogP contribution < -0.4 is 0 Å². The fourth-order valence-corrected chi connectivity index (χ4v) is 4.48. The van der Waals surface area contributed by atoms with Gasteiger partial charge in [0, 0.05) is 13.1 Å². The smallest absolute Gasteiger partial charge is 0.308 e. The van der Waals surface area contributed by atoms with E-state index in [4.69, 9.17) is 5.11 Å². The first kappa shape index (κ1) is 14.5. The van der Waals surface area contributed by atoms with Gasteiger partial charge in [-0.3, -0.25) is 4.79 Å². The summed E-state index contributed by atoms with van der Waals surface area (Å²) >= 11 is 0. The number of carboxylic acids is 1. The molecule has 114 valence electrons. The molecule has 1 heterocycles. The fourth-order valence-electron chi connectivity index (χ4n) is 2.92. The Hall–Kier alpha value is -1.40. The molecule has 3 rings (SSSR count). The number of carboxylic acid groups (broad SMARTS) is 1. The highest BCUT2D eigenvalue weighted by atomic mass is 32.2. The molecule has 0 bridgehead atoms. The van der Waals surface area contributed by atoms with Crippen molar-refractivity contribution >= 4 is 16.0 Å². The summed E-state index contributed by atoms with van der Waals surface area (Å²) < 4.78 is 26.5. The summed E-state index contributed by atoms with van der Waals surface area (Å²) in [5, 5.41) is 9.12. The van der Waals surface area contributed by atoms with Crippen LogP contribution in [0.5, 0.6) is 0 Å². The fraction of sp³-hybridized carbons (Fsp3) is 0.533. The normalized spacial score (nSPS) is 26.9. The minimum Gasteiger partial charge on any atom is -0.481 e. The van der Waals surface area contributed by atoms with E-state index in [1.54, 1.807) is 19.1 Å². The Kier molecular flexibility index (Phi) is 3.53. The van der Waals surface area contributed by atoms with Crippen molar-refractivity contribution in [1.82, 2.24) is 4.31 Å². The zero-order valence-electron chi connectivity index (χ0n) is 11.9. The summed E-state index contributed by atoms with van der Waals surface area (Å²) in [5.74, 6) is -1.12. The first-order valence-electron chi connectivity index (χ1n) is 7.22. The number of rotatable bonds is 4. The molecular formula is C15H19NO4S. The van der Waals surface area contributed by atoms with Crippen molar-refractivity contribution in [1.29, 1.82) is 0 Å². The lowest BCUT2D eigenvalue weighted by Gasteiger charge is -2.16. The van der Waals surface area contributed by atoms with Gasteiger partial charge in [0.25, 0.3) is 0 Å². The van der Waals surface area contributed by atoms with Crippen LogP contribution in [0, 0.1) is 11.8 Å². The maximum Gasteiger partial charge on any atom is 0.308 e. The van der Waals surface area contributed by atoms with Gasteiger partial charge < -0.3 is 5.11 Å². The van der Waals surface area contributed by atoms with Crippen molar-refractivity contribution in [2.45, 2.75) is 30.6 Å². The quantitative estimate of drug-likeness (QED) is 0.922. The Morgan fingerprint density at radius 3 is 2.29 bits per heavy atom. The number of aliphatic carboxylic acids is 1. The molecule has 21 heavy (non-hydrogen) atoms. The lowest BCUT2D eigenvalue weighted by molar-refractivity contribution is -0.142. The Labute approximate surface area is 124 Å². The zero-order chi connectivity index (χ0) is 15.2. The summed E-state index contributed by atoms with van der Waals surface area (Å²) in [7, 11) is -3.59. The first-order chi connectivity index (χ1) is 9.89. The van der Waals surface area contributed by atoms with Gasteiger partial charge in [0.05, 0.1) is 10.8 Å². The van der Waals surface area contributed by atoms with Crippen molar-refractivity contribution in [3.63, 3.8) is 0 Å². The number of benzene rings is 1. The van der Waals surface area contributed by atoms with Crippen LogP contribution in [0.25, 0.3) is 0 Å². The molecule has 5 nitrogen and oxygen atoms in total. The van der Waals surface area contributed by atoms with Crippen molar-refractivity contribution in [2.75, 3.05) is 13.1 Å². The minimum atomic E-state index is -3.59. The van der Waals surface area contributed by atoms with Gasteiger partial charge in [-0.2, -0.15) is 4.31 Å². The Morgan fingerprint density at radius 2 is 1.81 bits per heavy atom. The van der Waals surface area contributed by atoms with Gasteiger partial charge in [0.2, 0.25) is 10.0 Å². The number of hydrogen-bond donors (Lipinski definition) is 1. The van der Waals surface area contributed by atoms with E-state index in [1.165, 1.54) is 22.7 Å². The van der Waals surface area contributed by atoms with Crippen molar-refractivity contribution in [2.24, 2.45) is 11.8 Å². The van der Waals surface area contributed by atoms with Crippen molar-refractivity contribution in [3.05, 3.63) is 29.8 Å². The van der Waals surface area contributed by atoms with E-state index in [1.807, 2.05) is 12.1 Å². The molecule has 1 saturated carbocycles.